The Hall–Kier alpha value is -2.16. The van der Waals surface area contributed by atoms with Crippen molar-refractivity contribution in [1.82, 2.24) is 15.2 Å². The summed E-state index contributed by atoms with van der Waals surface area (Å²) in [5.41, 5.74) is 5.99. The van der Waals surface area contributed by atoms with E-state index in [0.717, 1.165) is 21.1 Å². The van der Waals surface area contributed by atoms with Crippen molar-refractivity contribution >= 4 is 55.6 Å². The Morgan fingerprint density at radius 3 is 2.33 bits per heavy atom. The fourth-order valence-corrected chi connectivity index (χ4v) is 5.99. The van der Waals surface area contributed by atoms with Crippen LogP contribution >= 0.6 is 43.5 Å². The number of aryl methyl sites for hydroxylation is 1. The molecule has 0 aliphatic rings. The molecule has 0 fully saturated rings. The number of para-hydroxylation sites is 1. The van der Waals surface area contributed by atoms with E-state index in [9.17, 15) is 4.79 Å². The van der Waals surface area contributed by atoms with E-state index < -0.39 is 5.91 Å². The van der Waals surface area contributed by atoms with Gasteiger partial charge < -0.3 is 4.74 Å². The molecule has 0 radical (unpaired) electrons. The second-order valence-corrected chi connectivity index (χ2v) is 12.6. The van der Waals surface area contributed by atoms with E-state index in [4.69, 9.17) is 16.3 Å². The molecule has 2 aromatic carbocycles. The quantitative estimate of drug-likeness (QED) is 0.204. The van der Waals surface area contributed by atoms with Crippen LogP contribution in [0.15, 0.2) is 56.5 Å². The highest BCUT2D eigenvalue weighted by molar-refractivity contribution is 9.11. The van der Waals surface area contributed by atoms with E-state index in [1.807, 2.05) is 37.3 Å². The molecule has 3 rings (SSSR count). The molecule has 3 aromatic rings. The first kappa shape index (κ1) is 28.4. The van der Waals surface area contributed by atoms with Crippen LogP contribution in [0.4, 0.5) is 0 Å². The van der Waals surface area contributed by atoms with Gasteiger partial charge in [-0.2, -0.15) is 10.2 Å². The molecular weight excluding hydrogens is 608 g/mol. The molecular formula is C27H31Br2ClN4O2. The number of hydrogen-bond acceptors (Lipinski definition) is 4. The summed E-state index contributed by atoms with van der Waals surface area (Å²) in [7, 11) is 0. The number of nitrogens with one attached hydrogen (secondary N) is 1. The summed E-state index contributed by atoms with van der Waals surface area (Å²) in [5, 5.41) is 8.92. The molecule has 1 amide bonds. The third-order valence-corrected chi connectivity index (χ3v) is 7.07. The van der Waals surface area contributed by atoms with Gasteiger partial charge in [0, 0.05) is 0 Å². The Labute approximate surface area is 234 Å². The predicted octanol–water partition coefficient (Wildman–Crippen LogP) is 7.60. The topological polar surface area (TPSA) is 68.5 Å². The maximum absolute atomic E-state index is 12.4. The Kier molecular flexibility index (Phi) is 9.06. The van der Waals surface area contributed by atoms with E-state index in [1.165, 1.54) is 11.8 Å². The van der Waals surface area contributed by atoms with Gasteiger partial charge in [0.2, 0.25) is 0 Å². The lowest BCUT2D eigenvalue weighted by atomic mass is 9.72. The van der Waals surface area contributed by atoms with Gasteiger partial charge in [0.1, 0.15) is 10.9 Å². The number of nitrogens with zero attached hydrogens (tertiary/aromatic N) is 3. The van der Waals surface area contributed by atoms with Crippen molar-refractivity contribution in [2.45, 2.75) is 53.4 Å². The molecule has 1 N–H and O–H groups in total. The smallest absolute Gasteiger partial charge is 0.277 e. The van der Waals surface area contributed by atoms with Crippen molar-refractivity contribution in [2.75, 3.05) is 6.61 Å². The van der Waals surface area contributed by atoms with Crippen molar-refractivity contribution in [3.63, 3.8) is 0 Å². The fourth-order valence-electron chi connectivity index (χ4n) is 4.25. The molecule has 1 heterocycles. The molecule has 192 valence electrons. The number of halogens is 3. The summed E-state index contributed by atoms with van der Waals surface area (Å²) in [4.78, 5) is 12.4. The van der Waals surface area contributed by atoms with Gasteiger partial charge in [0.15, 0.2) is 6.61 Å². The molecule has 36 heavy (non-hydrogen) atoms. The molecule has 0 aliphatic carbocycles. The zero-order valence-electron chi connectivity index (χ0n) is 21.3. The van der Waals surface area contributed by atoms with Gasteiger partial charge >= 0.3 is 0 Å². The highest BCUT2D eigenvalue weighted by Crippen LogP contribution is 2.42. The number of hydrazone groups is 1. The lowest BCUT2D eigenvalue weighted by Gasteiger charge is -2.33. The number of aromatic nitrogens is 2. The minimum Gasteiger partial charge on any atom is -0.481 e. The maximum atomic E-state index is 12.4. The average Bonchev–Trinajstić information content (AvgIpc) is 3.05. The van der Waals surface area contributed by atoms with Crippen LogP contribution in [0.5, 0.6) is 5.75 Å². The van der Waals surface area contributed by atoms with Gasteiger partial charge in [-0.05, 0) is 85.9 Å². The monoisotopic (exact) mass is 636 g/mol. The Morgan fingerprint density at radius 2 is 1.75 bits per heavy atom. The molecule has 0 atom stereocenters. The van der Waals surface area contributed by atoms with Crippen LogP contribution in [0.3, 0.4) is 0 Å². The molecule has 6 nitrogen and oxygen atoms in total. The van der Waals surface area contributed by atoms with E-state index in [-0.39, 0.29) is 17.4 Å². The van der Waals surface area contributed by atoms with Crippen molar-refractivity contribution in [3.8, 4) is 11.4 Å². The normalized spacial score (nSPS) is 12.2. The van der Waals surface area contributed by atoms with Crippen LogP contribution in [0, 0.1) is 12.3 Å². The molecule has 0 spiro atoms. The molecule has 0 saturated heterocycles. The number of benzene rings is 2. The highest BCUT2D eigenvalue weighted by atomic mass is 79.9. The minimum absolute atomic E-state index is 0.0262. The van der Waals surface area contributed by atoms with Crippen molar-refractivity contribution < 1.29 is 9.53 Å². The Balaban J connectivity index is 1.64. The van der Waals surface area contributed by atoms with Gasteiger partial charge in [0.05, 0.1) is 32.1 Å². The summed E-state index contributed by atoms with van der Waals surface area (Å²) >= 11 is 13.7. The SMILES string of the molecule is Cc1nn(-c2ccccc2)c(Cl)c1/C=N/NC(=O)COc1c(Br)cc(C(C)(C)CC(C)(C)C)cc1Br. The largest absolute Gasteiger partial charge is 0.481 e. The van der Waals surface area contributed by atoms with E-state index in [1.54, 1.807) is 4.68 Å². The van der Waals surface area contributed by atoms with Gasteiger partial charge in [0.25, 0.3) is 5.91 Å². The van der Waals surface area contributed by atoms with E-state index >= 15 is 0 Å². The lowest BCUT2D eigenvalue weighted by Crippen LogP contribution is -2.26. The summed E-state index contributed by atoms with van der Waals surface area (Å²) in [5.74, 6) is 0.166. The number of hydrogen-bond donors (Lipinski definition) is 1. The van der Waals surface area contributed by atoms with Crippen LogP contribution in [-0.4, -0.2) is 28.5 Å². The van der Waals surface area contributed by atoms with Gasteiger partial charge in [-0.1, -0.05) is 64.4 Å². The summed E-state index contributed by atoms with van der Waals surface area (Å²) in [6.45, 7) is 12.8. The van der Waals surface area contributed by atoms with E-state index in [0.29, 0.717) is 22.2 Å². The maximum Gasteiger partial charge on any atom is 0.277 e. The van der Waals surface area contributed by atoms with Crippen molar-refractivity contribution in [2.24, 2.45) is 10.5 Å². The summed E-state index contributed by atoms with van der Waals surface area (Å²) in [6, 6.07) is 13.7. The molecule has 9 heteroatoms. The van der Waals surface area contributed by atoms with Crippen LogP contribution in [0.25, 0.3) is 5.69 Å². The zero-order chi connectivity index (χ0) is 26.7. The van der Waals surface area contributed by atoms with Gasteiger partial charge in [-0.25, -0.2) is 10.1 Å². The zero-order valence-corrected chi connectivity index (χ0v) is 25.3. The number of carbonyl (C=O) groups is 1. The summed E-state index contributed by atoms with van der Waals surface area (Å²) < 4.78 is 8.97. The van der Waals surface area contributed by atoms with Crippen LogP contribution < -0.4 is 10.2 Å². The molecule has 1 aromatic heterocycles. The van der Waals surface area contributed by atoms with Crippen LogP contribution in [0.2, 0.25) is 5.15 Å². The summed E-state index contributed by atoms with van der Waals surface area (Å²) in [6.07, 6.45) is 2.51. The number of amides is 1. The lowest BCUT2D eigenvalue weighted by molar-refractivity contribution is -0.123. The van der Waals surface area contributed by atoms with E-state index in [2.05, 4.69) is 94.2 Å². The number of ether oxygens (including phenoxy) is 1. The minimum atomic E-state index is -0.397. The molecule has 0 saturated carbocycles. The fraction of sp³-hybridized carbons (Fsp3) is 0.370. The first-order chi connectivity index (χ1) is 16.8. The van der Waals surface area contributed by atoms with Crippen molar-refractivity contribution in [3.05, 3.63) is 73.4 Å². The molecule has 0 aliphatic heterocycles. The average molecular weight is 639 g/mol. The van der Waals surface area contributed by atoms with Gasteiger partial charge in [-0.3, -0.25) is 4.79 Å². The number of rotatable bonds is 8. The second-order valence-electron chi connectivity index (χ2n) is 10.5. The Morgan fingerprint density at radius 1 is 1.14 bits per heavy atom. The van der Waals surface area contributed by atoms with Crippen LogP contribution in [0.1, 0.15) is 57.9 Å². The van der Waals surface area contributed by atoms with Crippen molar-refractivity contribution in [1.29, 1.82) is 0 Å². The Bertz CT molecular complexity index is 1240. The van der Waals surface area contributed by atoms with Crippen LogP contribution in [-0.2, 0) is 10.2 Å². The third-order valence-electron chi connectivity index (χ3n) is 5.53. The first-order valence-corrected chi connectivity index (χ1v) is 13.5. The predicted molar refractivity (Wildman–Crippen MR) is 153 cm³/mol. The molecule has 0 bridgehead atoms. The van der Waals surface area contributed by atoms with Gasteiger partial charge in [-0.15, -0.1) is 0 Å². The standard InChI is InChI=1S/C27H31Br2ClN4O2/c1-17-20(25(30)34(33-17)19-10-8-7-9-11-19)14-31-32-23(35)15-36-24-21(28)12-18(13-22(24)29)27(5,6)16-26(2,3)4/h7-14H,15-16H2,1-6H3,(H,32,35)/b31-14+. The molecule has 0 unspecified atom stereocenters. The number of carbonyl (C=O) groups excluding carboxylic acids is 1. The highest BCUT2D eigenvalue weighted by Gasteiger charge is 2.28. The first-order valence-electron chi connectivity index (χ1n) is 11.5. The second kappa shape index (κ2) is 11.5. The third kappa shape index (κ3) is 7.20.